The number of carbonyl (C=O) groups excluding carboxylic acids is 3. The monoisotopic (exact) mass is 545 g/mol. The number of para-hydroxylation sites is 1. The summed E-state index contributed by atoms with van der Waals surface area (Å²) in [5.41, 5.74) is 1.36. The third kappa shape index (κ3) is 6.24. The van der Waals surface area contributed by atoms with Gasteiger partial charge in [0.2, 0.25) is 9.84 Å². The Bertz CT molecular complexity index is 1400. The lowest BCUT2D eigenvalue weighted by Crippen LogP contribution is -2.36. The van der Waals surface area contributed by atoms with Crippen LogP contribution in [0.15, 0.2) is 64.5 Å². The number of sulfone groups is 1. The molecule has 3 aromatic rings. The lowest BCUT2D eigenvalue weighted by atomic mass is 9.96. The molecular formula is C27H31NO7S2. The van der Waals surface area contributed by atoms with Crippen LogP contribution in [0.4, 0.5) is 0 Å². The van der Waals surface area contributed by atoms with Crippen LogP contribution in [0.1, 0.15) is 38.8 Å². The van der Waals surface area contributed by atoms with Crippen molar-refractivity contribution in [1.29, 1.82) is 0 Å². The summed E-state index contributed by atoms with van der Waals surface area (Å²) in [5.74, 6) is -3.26. The average Bonchev–Trinajstić information content (AvgIpc) is 3.22. The quantitative estimate of drug-likeness (QED) is 0.295. The fourth-order valence-electron chi connectivity index (χ4n) is 4.10. The van der Waals surface area contributed by atoms with E-state index in [9.17, 15) is 22.8 Å². The van der Waals surface area contributed by atoms with Gasteiger partial charge in [0.25, 0.3) is 0 Å². The minimum atomic E-state index is -3.97. The highest BCUT2D eigenvalue weighted by Crippen LogP contribution is 2.38. The first kappa shape index (κ1) is 28.5. The van der Waals surface area contributed by atoms with Gasteiger partial charge in [-0.1, -0.05) is 68.4 Å². The molecule has 0 unspecified atom stereocenters. The first-order chi connectivity index (χ1) is 17.3. The Kier molecular flexibility index (Phi) is 8.54. The Balaban J connectivity index is 2.27. The number of ether oxygens (including phenoxy) is 2. The van der Waals surface area contributed by atoms with E-state index in [0.29, 0.717) is 10.9 Å². The third-order valence-corrected chi connectivity index (χ3v) is 8.58. The Hall–Kier alpha value is -3.11. The van der Waals surface area contributed by atoms with Gasteiger partial charge in [0.05, 0.1) is 30.1 Å². The van der Waals surface area contributed by atoms with E-state index in [1.807, 2.05) is 27.7 Å². The summed E-state index contributed by atoms with van der Waals surface area (Å²) in [6.45, 7) is 7.49. The zero-order chi connectivity index (χ0) is 27.5. The molecular weight excluding hydrogens is 514 g/mol. The predicted octanol–water partition coefficient (Wildman–Crippen LogP) is 4.73. The molecule has 37 heavy (non-hydrogen) atoms. The number of thioether (sulfide) groups is 1. The van der Waals surface area contributed by atoms with Crippen LogP contribution in [0.3, 0.4) is 0 Å². The molecule has 1 heterocycles. The lowest BCUT2D eigenvalue weighted by Gasteiger charge is -2.26. The maximum atomic E-state index is 13.7. The van der Waals surface area contributed by atoms with Crippen LogP contribution < -0.4 is 0 Å². The predicted molar refractivity (Wildman–Crippen MR) is 142 cm³/mol. The highest BCUT2D eigenvalue weighted by molar-refractivity contribution is 8.14. The fourth-order valence-corrected chi connectivity index (χ4v) is 6.50. The molecule has 0 amide bonds. The van der Waals surface area contributed by atoms with Crippen LogP contribution in [0.25, 0.3) is 10.9 Å². The largest absolute Gasteiger partial charge is 0.468 e. The van der Waals surface area contributed by atoms with Gasteiger partial charge in [0.1, 0.15) is 0 Å². The number of aromatic nitrogens is 1. The summed E-state index contributed by atoms with van der Waals surface area (Å²) in [5, 5.41) is 0.133. The van der Waals surface area contributed by atoms with Gasteiger partial charge in [0, 0.05) is 28.3 Å². The minimum Gasteiger partial charge on any atom is -0.468 e. The van der Waals surface area contributed by atoms with E-state index >= 15 is 0 Å². The molecule has 0 saturated heterocycles. The van der Waals surface area contributed by atoms with Crippen molar-refractivity contribution in [2.45, 2.75) is 54.7 Å². The summed E-state index contributed by atoms with van der Waals surface area (Å²) in [7, 11) is -1.69. The highest BCUT2D eigenvalue weighted by Gasteiger charge is 2.41. The van der Waals surface area contributed by atoms with Crippen molar-refractivity contribution in [3.8, 4) is 0 Å². The van der Waals surface area contributed by atoms with Crippen molar-refractivity contribution >= 4 is 49.6 Å². The number of benzene rings is 2. The Labute approximate surface area is 221 Å². The molecule has 0 bridgehead atoms. The second kappa shape index (κ2) is 11.1. The van der Waals surface area contributed by atoms with Crippen molar-refractivity contribution in [2.75, 3.05) is 14.2 Å². The Morgan fingerprint density at radius 3 is 2.05 bits per heavy atom. The first-order valence-electron chi connectivity index (χ1n) is 11.6. The van der Waals surface area contributed by atoms with Gasteiger partial charge in [0.15, 0.2) is 11.0 Å². The zero-order valence-electron chi connectivity index (χ0n) is 21.7. The Morgan fingerprint density at radius 2 is 1.51 bits per heavy atom. The molecule has 0 saturated carbocycles. The molecule has 0 aliphatic heterocycles. The molecule has 1 aromatic heterocycles. The van der Waals surface area contributed by atoms with E-state index in [4.69, 9.17) is 9.47 Å². The van der Waals surface area contributed by atoms with Crippen LogP contribution in [0.2, 0.25) is 0 Å². The van der Waals surface area contributed by atoms with E-state index < -0.39 is 38.5 Å². The van der Waals surface area contributed by atoms with Crippen LogP contribution in [-0.2, 0) is 33.7 Å². The maximum absolute atomic E-state index is 13.7. The van der Waals surface area contributed by atoms with Crippen molar-refractivity contribution in [1.82, 2.24) is 4.57 Å². The molecule has 0 N–H and O–H groups in total. The molecule has 0 aliphatic carbocycles. The van der Waals surface area contributed by atoms with E-state index in [-0.39, 0.29) is 21.3 Å². The summed E-state index contributed by atoms with van der Waals surface area (Å²) < 4.78 is 38.3. The molecule has 0 radical (unpaired) electrons. The van der Waals surface area contributed by atoms with Crippen molar-refractivity contribution in [3.05, 3.63) is 60.3 Å². The van der Waals surface area contributed by atoms with Crippen LogP contribution in [0, 0.1) is 12.8 Å². The van der Waals surface area contributed by atoms with Crippen LogP contribution >= 0.6 is 11.8 Å². The molecule has 0 fully saturated rings. The maximum Gasteiger partial charge on any atom is 0.322 e. The summed E-state index contributed by atoms with van der Waals surface area (Å²) >= 11 is 1.08. The van der Waals surface area contributed by atoms with Crippen molar-refractivity contribution < 1.29 is 32.3 Å². The van der Waals surface area contributed by atoms with Gasteiger partial charge in [-0.2, -0.15) is 0 Å². The van der Waals surface area contributed by atoms with Gasteiger partial charge in [-0.15, -0.1) is 0 Å². The highest BCUT2D eigenvalue weighted by atomic mass is 32.2. The minimum absolute atomic E-state index is 0.00126. The smallest absolute Gasteiger partial charge is 0.322 e. The van der Waals surface area contributed by atoms with Crippen molar-refractivity contribution in [3.63, 3.8) is 0 Å². The first-order valence-corrected chi connectivity index (χ1v) is 13.9. The van der Waals surface area contributed by atoms with Gasteiger partial charge < -0.3 is 14.0 Å². The number of carbonyl (C=O) groups is 3. The van der Waals surface area contributed by atoms with E-state index in [0.717, 1.165) is 31.5 Å². The molecule has 8 nitrogen and oxygen atoms in total. The van der Waals surface area contributed by atoms with E-state index in [1.54, 1.807) is 36.4 Å². The van der Waals surface area contributed by atoms with Gasteiger partial charge in [-0.3, -0.25) is 14.4 Å². The number of hydrogen-bond acceptors (Lipinski definition) is 8. The molecule has 198 valence electrons. The van der Waals surface area contributed by atoms with Crippen LogP contribution in [0.5, 0.6) is 0 Å². The number of hydrogen-bond donors (Lipinski definition) is 0. The molecule has 3 rings (SSSR count). The second-order valence-corrected chi connectivity index (χ2v) is 13.4. The number of rotatable bonds is 8. The standard InChI is InChI=1S/C27H31NO7S2/c1-17-11-13-18(14-12-17)37(32,33)22-16-28(20-10-8-7-9-19(20)22)21(15-23(29)36-27(2,3)4)24(25(30)34-5)26(31)35-6/h7-14,16,21,24H,15H2,1-6H3/t21-/m0/s1. The number of fused-ring (bicyclic) bond motifs is 1. The Morgan fingerprint density at radius 1 is 0.946 bits per heavy atom. The van der Waals surface area contributed by atoms with Crippen LogP contribution in [-0.4, -0.2) is 49.0 Å². The topological polar surface area (TPSA) is 109 Å². The summed E-state index contributed by atoms with van der Waals surface area (Å²) in [4.78, 5) is 38.8. The lowest BCUT2D eigenvalue weighted by molar-refractivity contribution is -0.161. The molecule has 2 aromatic carbocycles. The number of methoxy groups -OCH3 is 2. The summed E-state index contributed by atoms with van der Waals surface area (Å²) in [6.07, 6.45) is 1.15. The van der Waals surface area contributed by atoms with E-state index in [2.05, 4.69) is 0 Å². The molecule has 0 aliphatic rings. The average molecular weight is 546 g/mol. The third-order valence-electron chi connectivity index (χ3n) is 5.77. The molecule has 1 atom stereocenters. The molecule has 0 spiro atoms. The fraction of sp³-hybridized carbons (Fsp3) is 0.370. The van der Waals surface area contributed by atoms with E-state index in [1.165, 1.54) is 22.9 Å². The zero-order valence-corrected chi connectivity index (χ0v) is 23.3. The van der Waals surface area contributed by atoms with Gasteiger partial charge in [-0.05, 0) is 25.1 Å². The summed E-state index contributed by atoms with van der Waals surface area (Å²) in [6, 6.07) is 12.2. The van der Waals surface area contributed by atoms with Crippen molar-refractivity contribution in [2.24, 2.45) is 5.92 Å². The van der Waals surface area contributed by atoms with Gasteiger partial charge >= 0.3 is 11.9 Å². The second-order valence-electron chi connectivity index (χ2n) is 9.62. The number of aryl methyl sites for hydroxylation is 1. The molecule has 10 heteroatoms. The number of nitrogens with zero attached hydrogens (tertiary/aromatic N) is 1. The SMILES string of the molecule is COC(=O)C(C(=O)OC)[C@H](CC(=O)SC(C)(C)C)n1cc(S(=O)(=O)c2ccc(C)cc2)c2ccccc21. The van der Waals surface area contributed by atoms with Gasteiger partial charge in [-0.25, -0.2) is 8.42 Å². The number of esters is 2. The normalized spacial score (nSPS) is 12.9.